The van der Waals surface area contributed by atoms with Crippen LogP contribution in [0.25, 0.3) is 5.65 Å². The maximum absolute atomic E-state index is 5.94. The van der Waals surface area contributed by atoms with Gasteiger partial charge in [0.2, 0.25) is 0 Å². The third-order valence-electron chi connectivity index (χ3n) is 1.36. The molecule has 2 heterocycles. The fourth-order valence-corrected chi connectivity index (χ4v) is 1.43. The van der Waals surface area contributed by atoms with Crippen LogP contribution in [0.5, 0.6) is 0 Å². The topological polar surface area (TPSA) is 30.2 Å². The SMILES string of the molecule is Clc1c(I)ccn2cnnc12. The highest BCUT2D eigenvalue weighted by Crippen LogP contribution is 2.21. The summed E-state index contributed by atoms with van der Waals surface area (Å²) in [7, 11) is 0. The number of halogens is 2. The first-order valence-corrected chi connectivity index (χ1v) is 4.38. The molecule has 5 heteroatoms. The van der Waals surface area contributed by atoms with E-state index in [1.165, 1.54) is 0 Å². The van der Waals surface area contributed by atoms with Crippen LogP contribution in [0.15, 0.2) is 18.6 Å². The molecule has 0 fully saturated rings. The van der Waals surface area contributed by atoms with Crippen LogP contribution >= 0.6 is 34.2 Å². The second-order valence-electron chi connectivity index (χ2n) is 2.04. The molecule has 0 N–H and O–H groups in total. The van der Waals surface area contributed by atoms with Gasteiger partial charge < -0.3 is 0 Å². The minimum atomic E-state index is 0.658. The summed E-state index contributed by atoms with van der Waals surface area (Å²) in [5.41, 5.74) is 0.707. The lowest BCUT2D eigenvalue weighted by atomic mass is 10.5. The molecule has 2 aromatic rings. The normalized spacial score (nSPS) is 10.7. The fourth-order valence-electron chi connectivity index (χ4n) is 0.835. The van der Waals surface area contributed by atoms with Crippen LogP contribution in [0.4, 0.5) is 0 Å². The zero-order chi connectivity index (χ0) is 7.84. The van der Waals surface area contributed by atoms with Gasteiger partial charge in [0.1, 0.15) is 6.33 Å². The van der Waals surface area contributed by atoms with Gasteiger partial charge in [0.05, 0.1) is 5.02 Å². The van der Waals surface area contributed by atoms with E-state index in [0.29, 0.717) is 10.7 Å². The summed E-state index contributed by atoms with van der Waals surface area (Å²) in [6, 6.07) is 1.92. The van der Waals surface area contributed by atoms with Gasteiger partial charge >= 0.3 is 0 Å². The predicted molar refractivity (Wildman–Crippen MR) is 50.7 cm³/mol. The van der Waals surface area contributed by atoms with Crippen LogP contribution in [-0.2, 0) is 0 Å². The standard InChI is InChI=1S/C6H3ClIN3/c7-5-4(8)1-2-11-3-9-10-6(5)11/h1-3H. The largest absolute Gasteiger partial charge is 0.288 e. The van der Waals surface area contributed by atoms with Crippen molar-refractivity contribution in [2.45, 2.75) is 0 Å². The molecular formula is C6H3ClIN3. The smallest absolute Gasteiger partial charge is 0.180 e. The van der Waals surface area contributed by atoms with E-state index in [4.69, 9.17) is 11.6 Å². The lowest BCUT2D eigenvalue weighted by molar-refractivity contribution is 1.10. The quantitative estimate of drug-likeness (QED) is 0.690. The highest BCUT2D eigenvalue weighted by atomic mass is 127. The molecular weight excluding hydrogens is 276 g/mol. The van der Waals surface area contributed by atoms with E-state index < -0.39 is 0 Å². The molecule has 56 valence electrons. The molecule has 0 radical (unpaired) electrons. The number of nitrogens with zero attached hydrogens (tertiary/aromatic N) is 3. The Morgan fingerprint density at radius 3 is 3.18 bits per heavy atom. The van der Waals surface area contributed by atoms with Crippen molar-refractivity contribution < 1.29 is 0 Å². The van der Waals surface area contributed by atoms with Gasteiger partial charge in [-0.15, -0.1) is 10.2 Å². The number of hydrogen-bond donors (Lipinski definition) is 0. The van der Waals surface area contributed by atoms with Crippen LogP contribution in [0.1, 0.15) is 0 Å². The minimum Gasteiger partial charge on any atom is -0.288 e. The average molecular weight is 279 g/mol. The van der Waals surface area contributed by atoms with Crippen molar-refractivity contribution in [3.05, 3.63) is 27.2 Å². The summed E-state index contributed by atoms with van der Waals surface area (Å²) in [5, 5.41) is 8.24. The monoisotopic (exact) mass is 279 g/mol. The molecule has 0 atom stereocenters. The molecule has 0 aliphatic heterocycles. The molecule has 0 aliphatic carbocycles. The molecule has 0 spiro atoms. The van der Waals surface area contributed by atoms with E-state index in [1.807, 2.05) is 12.3 Å². The molecule has 0 aliphatic rings. The van der Waals surface area contributed by atoms with Gasteiger partial charge in [-0.1, -0.05) is 11.6 Å². The highest BCUT2D eigenvalue weighted by molar-refractivity contribution is 14.1. The van der Waals surface area contributed by atoms with Gasteiger partial charge in [-0.3, -0.25) is 4.40 Å². The molecule has 2 rings (SSSR count). The van der Waals surface area contributed by atoms with Gasteiger partial charge in [0, 0.05) is 9.77 Å². The molecule has 0 aromatic carbocycles. The van der Waals surface area contributed by atoms with Crippen molar-refractivity contribution in [2.24, 2.45) is 0 Å². The molecule has 0 amide bonds. The molecule has 0 unspecified atom stereocenters. The lowest BCUT2D eigenvalue weighted by Crippen LogP contribution is -1.85. The highest BCUT2D eigenvalue weighted by Gasteiger charge is 2.03. The number of rotatable bonds is 0. The number of aromatic nitrogens is 3. The second-order valence-corrected chi connectivity index (χ2v) is 3.58. The van der Waals surface area contributed by atoms with Crippen LogP contribution in [0.3, 0.4) is 0 Å². The number of fused-ring (bicyclic) bond motifs is 1. The van der Waals surface area contributed by atoms with Crippen LogP contribution in [0, 0.1) is 3.57 Å². The Labute approximate surface area is 81.5 Å². The maximum atomic E-state index is 5.94. The van der Waals surface area contributed by atoms with Crippen molar-refractivity contribution >= 4 is 39.8 Å². The first-order valence-electron chi connectivity index (χ1n) is 2.92. The Balaban J connectivity index is 2.93. The molecule has 0 saturated carbocycles. The minimum absolute atomic E-state index is 0.658. The Kier molecular flexibility index (Phi) is 1.72. The maximum Gasteiger partial charge on any atom is 0.180 e. The van der Waals surface area contributed by atoms with E-state index in [1.54, 1.807) is 10.7 Å². The van der Waals surface area contributed by atoms with Crippen molar-refractivity contribution in [3.63, 3.8) is 0 Å². The van der Waals surface area contributed by atoms with E-state index in [0.717, 1.165) is 3.57 Å². The fraction of sp³-hybridized carbons (Fsp3) is 0. The van der Waals surface area contributed by atoms with E-state index >= 15 is 0 Å². The third-order valence-corrected chi connectivity index (χ3v) is 2.95. The molecule has 0 saturated heterocycles. The zero-order valence-corrected chi connectivity index (χ0v) is 8.24. The number of hydrogen-bond acceptors (Lipinski definition) is 2. The van der Waals surface area contributed by atoms with Gasteiger partial charge in [-0.05, 0) is 28.7 Å². The summed E-state index contributed by atoms with van der Waals surface area (Å²) in [4.78, 5) is 0. The first-order chi connectivity index (χ1) is 5.29. The summed E-state index contributed by atoms with van der Waals surface area (Å²) in [6.07, 6.45) is 3.50. The van der Waals surface area contributed by atoms with Gasteiger partial charge in [-0.2, -0.15) is 0 Å². The van der Waals surface area contributed by atoms with E-state index in [2.05, 4.69) is 32.8 Å². The lowest BCUT2D eigenvalue weighted by Gasteiger charge is -1.95. The predicted octanol–water partition coefficient (Wildman–Crippen LogP) is 1.99. The van der Waals surface area contributed by atoms with Crippen LogP contribution in [-0.4, -0.2) is 14.6 Å². The zero-order valence-electron chi connectivity index (χ0n) is 5.33. The summed E-state index contributed by atoms with van der Waals surface area (Å²) < 4.78 is 2.77. The van der Waals surface area contributed by atoms with E-state index in [-0.39, 0.29) is 0 Å². The van der Waals surface area contributed by atoms with Crippen molar-refractivity contribution in [3.8, 4) is 0 Å². The van der Waals surface area contributed by atoms with Gasteiger partial charge in [-0.25, -0.2) is 0 Å². The van der Waals surface area contributed by atoms with Crippen molar-refractivity contribution in [1.29, 1.82) is 0 Å². The van der Waals surface area contributed by atoms with Crippen LogP contribution < -0.4 is 0 Å². The Hall–Kier alpha value is -0.360. The van der Waals surface area contributed by atoms with Crippen LogP contribution in [0.2, 0.25) is 5.02 Å². The Morgan fingerprint density at radius 1 is 1.55 bits per heavy atom. The van der Waals surface area contributed by atoms with Gasteiger partial charge in [0.25, 0.3) is 0 Å². The summed E-state index contributed by atoms with van der Waals surface area (Å²) in [5.74, 6) is 0. The Bertz CT molecular complexity index is 398. The molecule has 0 bridgehead atoms. The first kappa shape index (κ1) is 7.30. The average Bonchev–Trinajstić information content (AvgIpc) is 2.45. The molecule has 2 aromatic heterocycles. The second kappa shape index (κ2) is 2.60. The summed E-state index contributed by atoms with van der Waals surface area (Å²) in [6.45, 7) is 0. The third kappa shape index (κ3) is 1.10. The Morgan fingerprint density at radius 2 is 2.36 bits per heavy atom. The van der Waals surface area contributed by atoms with Crippen molar-refractivity contribution in [1.82, 2.24) is 14.6 Å². The molecule has 11 heavy (non-hydrogen) atoms. The van der Waals surface area contributed by atoms with Gasteiger partial charge in [0.15, 0.2) is 5.65 Å². The van der Waals surface area contributed by atoms with E-state index in [9.17, 15) is 0 Å². The number of pyridine rings is 1. The summed E-state index contributed by atoms with van der Waals surface area (Å²) >= 11 is 8.09. The molecule has 3 nitrogen and oxygen atoms in total. The van der Waals surface area contributed by atoms with Crippen molar-refractivity contribution in [2.75, 3.05) is 0 Å².